The zero-order chi connectivity index (χ0) is 28.4. The van der Waals surface area contributed by atoms with Crippen molar-refractivity contribution >= 4 is 11.8 Å². The Labute approximate surface area is 234 Å². The SMILES string of the molecule is CO[C@H]1C[C@@H](O[C@H]2CC[C@@]3(C)[C@H](C2)C[C@H]2O[C@@]24[C@H]3C(=O)[C@@H](O)[C@]2(C)[C@H](C3=CC(=O)OC3)CC[C@@]24O)O[C@H](C)[C@@H]1O. The number of hydrogen-bond acceptors (Lipinski definition) is 10. The van der Waals surface area contributed by atoms with Gasteiger partial charge in [-0.25, -0.2) is 4.79 Å². The quantitative estimate of drug-likeness (QED) is 0.261. The molecule has 14 atom stereocenters. The van der Waals surface area contributed by atoms with E-state index in [0.29, 0.717) is 38.5 Å². The van der Waals surface area contributed by atoms with Gasteiger partial charge in [-0.2, -0.15) is 0 Å². The molecule has 10 nitrogen and oxygen atoms in total. The van der Waals surface area contributed by atoms with Crippen molar-refractivity contribution in [2.24, 2.45) is 28.6 Å². The van der Waals surface area contributed by atoms with Crippen molar-refractivity contribution in [1.82, 2.24) is 0 Å². The maximum absolute atomic E-state index is 14.3. The Balaban J connectivity index is 1.14. The lowest BCUT2D eigenvalue weighted by molar-refractivity contribution is -0.272. The number of cyclic esters (lactones) is 1. The summed E-state index contributed by atoms with van der Waals surface area (Å²) in [7, 11) is 1.58. The van der Waals surface area contributed by atoms with Crippen LogP contribution in [0.4, 0.5) is 0 Å². The van der Waals surface area contributed by atoms with E-state index in [1.165, 1.54) is 6.08 Å². The average molecular weight is 563 g/mol. The molecule has 3 aliphatic heterocycles. The molecule has 40 heavy (non-hydrogen) atoms. The normalized spacial score (nSPS) is 56.9. The number of Topliss-reactive ketones (excluding diaryl/α,β-unsaturated/α-hetero) is 1. The van der Waals surface area contributed by atoms with Gasteiger partial charge < -0.3 is 39.0 Å². The lowest BCUT2D eigenvalue weighted by atomic mass is 9.41. The van der Waals surface area contributed by atoms with Crippen molar-refractivity contribution in [3.63, 3.8) is 0 Å². The van der Waals surface area contributed by atoms with Gasteiger partial charge in [-0.3, -0.25) is 4.79 Å². The van der Waals surface area contributed by atoms with Gasteiger partial charge in [-0.15, -0.1) is 0 Å². The number of aliphatic hydroxyl groups is 3. The molecule has 0 bridgehead atoms. The van der Waals surface area contributed by atoms with Crippen LogP contribution in [0.2, 0.25) is 0 Å². The van der Waals surface area contributed by atoms with Crippen LogP contribution in [-0.4, -0.2) is 94.9 Å². The number of rotatable bonds is 4. The Bertz CT molecular complexity index is 1140. The number of ether oxygens (including phenoxy) is 5. The minimum atomic E-state index is -1.40. The molecular weight excluding hydrogens is 520 g/mol. The number of methoxy groups -OCH3 is 1. The first-order valence-corrected chi connectivity index (χ1v) is 14.9. The van der Waals surface area contributed by atoms with Gasteiger partial charge in [0.1, 0.15) is 30.0 Å². The Morgan fingerprint density at radius 3 is 2.55 bits per heavy atom. The largest absolute Gasteiger partial charge is 0.458 e. The molecule has 0 aromatic rings. The van der Waals surface area contributed by atoms with Crippen molar-refractivity contribution < 1.29 is 48.6 Å². The van der Waals surface area contributed by atoms with Gasteiger partial charge in [0.25, 0.3) is 0 Å². The van der Waals surface area contributed by atoms with Crippen LogP contribution in [-0.2, 0) is 33.3 Å². The highest BCUT2D eigenvalue weighted by Crippen LogP contribution is 2.76. The van der Waals surface area contributed by atoms with E-state index >= 15 is 0 Å². The minimum absolute atomic E-state index is 0.0751. The number of carbonyl (C=O) groups is 2. The zero-order valence-corrected chi connectivity index (χ0v) is 23.7. The van der Waals surface area contributed by atoms with Gasteiger partial charge in [0.15, 0.2) is 12.1 Å². The topological polar surface area (TPSA) is 144 Å². The predicted molar refractivity (Wildman–Crippen MR) is 138 cm³/mol. The van der Waals surface area contributed by atoms with Crippen LogP contribution >= 0.6 is 0 Å². The summed E-state index contributed by atoms with van der Waals surface area (Å²) in [6, 6.07) is 0. The third-order valence-electron chi connectivity index (χ3n) is 12.4. The molecule has 0 aromatic carbocycles. The molecule has 7 rings (SSSR count). The second-order valence-electron chi connectivity index (χ2n) is 13.9. The maximum atomic E-state index is 14.3. The number of carbonyl (C=O) groups excluding carboxylic acids is 2. The van der Waals surface area contributed by atoms with E-state index in [0.717, 1.165) is 12.0 Å². The van der Waals surface area contributed by atoms with E-state index in [9.17, 15) is 24.9 Å². The van der Waals surface area contributed by atoms with Gasteiger partial charge in [-0.1, -0.05) is 13.8 Å². The Morgan fingerprint density at radius 2 is 1.85 bits per heavy atom. The van der Waals surface area contributed by atoms with Gasteiger partial charge in [0.2, 0.25) is 0 Å². The van der Waals surface area contributed by atoms with Crippen molar-refractivity contribution in [1.29, 1.82) is 0 Å². The third-order valence-corrected chi connectivity index (χ3v) is 12.4. The number of fused-ring (bicyclic) bond motifs is 3. The van der Waals surface area contributed by atoms with Crippen LogP contribution in [0.5, 0.6) is 0 Å². The van der Waals surface area contributed by atoms with E-state index in [1.54, 1.807) is 14.0 Å². The smallest absolute Gasteiger partial charge is 0.331 e. The summed E-state index contributed by atoms with van der Waals surface area (Å²) < 4.78 is 29.5. The molecule has 3 heterocycles. The minimum Gasteiger partial charge on any atom is -0.458 e. The molecular formula is C30H42O10. The second-order valence-corrected chi connectivity index (χ2v) is 13.9. The molecule has 0 amide bonds. The molecule has 6 fully saturated rings. The Hall–Kier alpha value is -1.40. The van der Waals surface area contributed by atoms with Crippen molar-refractivity contribution in [2.75, 3.05) is 13.7 Å². The third kappa shape index (κ3) is 3.30. The molecule has 0 unspecified atom stereocenters. The molecule has 10 heteroatoms. The molecule has 3 N–H and O–H groups in total. The van der Waals surface area contributed by atoms with Crippen LogP contribution < -0.4 is 0 Å². The molecule has 4 saturated carbocycles. The molecule has 222 valence electrons. The lowest BCUT2D eigenvalue weighted by Gasteiger charge is -2.62. The molecule has 0 radical (unpaired) electrons. The van der Waals surface area contributed by atoms with E-state index in [1.807, 2.05) is 6.92 Å². The van der Waals surface area contributed by atoms with Gasteiger partial charge in [-0.05, 0) is 68.3 Å². The van der Waals surface area contributed by atoms with E-state index in [-0.39, 0.29) is 42.5 Å². The fourth-order valence-corrected chi connectivity index (χ4v) is 10.2. The van der Waals surface area contributed by atoms with E-state index in [4.69, 9.17) is 23.7 Å². The number of ketones is 1. The van der Waals surface area contributed by atoms with Crippen LogP contribution in [0.3, 0.4) is 0 Å². The zero-order valence-electron chi connectivity index (χ0n) is 23.7. The van der Waals surface area contributed by atoms with Gasteiger partial charge >= 0.3 is 5.97 Å². The summed E-state index contributed by atoms with van der Waals surface area (Å²) >= 11 is 0. The summed E-state index contributed by atoms with van der Waals surface area (Å²) in [5.74, 6) is -1.51. The summed E-state index contributed by atoms with van der Waals surface area (Å²) in [5.41, 5.74) is -3.32. The monoisotopic (exact) mass is 562 g/mol. The van der Waals surface area contributed by atoms with Crippen LogP contribution in [0, 0.1) is 28.6 Å². The second kappa shape index (κ2) is 8.81. The molecule has 4 aliphatic carbocycles. The highest BCUT2D eigenvalue weighted by Gasteiger charge is 2.88. The predicted octanol–water partition coefficient (Wildman–Crippen LogP) is 1.42. The van der Waals surface area contributed by atoms with Crippen LogP contribution in [0.15, 0.2) is 11.6 Å². The van der Waals surface area contributed by atoms with E-state index < -0.39 is 58.5 Å². The Morgan fingerprint density at radius 1 is 1.07 bits per heavy atom. The summed E-state index contributed by atoms with van der Waals surface area (Å²) in [6.45, 7) is 5.87. The number of aliphatic hydroxyl groups excluding tert-OH is 2. The van der Waals surface area contributed by atoms with Gasteiger partial charge in [0, 0.05) is 25.0 Å². The molecule has 7 aliphatic rings. The average Bonchev–Trinajstić information content (AvgIpc) is 3.36. The highest BCUT2D eigenvalue weighted by atomic mass is 16.7. The number of esters is 1. The fourth-order valence-electron chi connectivity index (χ4n) is 10.2. The molecule has 2 saturated heterocycles. The summed E-state index contributed by atoms with van der Waals surface area (Å²) in [4.78, 5) is 26.1. The number of epoxide rings is 1. The first kappa shape index (κ1) is 27.4. The first-order valence-electron chi connectivity index (χ1n) is 14.9. The van der Waals surface area contributed by atoms with Crippen molar-refractivity contribution in [2.45, 2.75) is 120 Å². The van der Waals surface area contributed by atoms with E-state index in [2.05, 4.69) is 6.92 Å². The van der Waals surface area contributed by atoms with Crippen LogP contribution in [0.1, 0.15) is 65.7 Å². The molecule has 1 spiro atoms. The van der Waals surface area contributed by atoms with Gasteiger partial charge in [0.05, 0.1) is 30.3 Å². The van der Waals surface area contributed by atoms with Crippen molar-refractivity contribution in [3.8, 4) is 0 Å². The maximum Gasteiger partial charge on any atom is 0.331 e. The highest BCUT2D eigenvalue weighted by molar-refractivity contribution is 5.92. The lowest BCUT2D eigenvalue weighted by Crippen LogP contribution is -2.75. The standard InChI is InChI=1S/C30H42O10/c1-14-23(32)19(36-4)12-22(38-14)39-17-5-7-27(2)16(10-17)11-20-30(40-20)25(27)24(33)26(34)28(3)18(6-8-29(28,30)35)15-9-21(31)37-13-15/h9,14,16-20,22-23,25-26,32,34-35H,5-8,10-13H2,1-4H3/t14-,16-,17+,18+,19+,20-,22-,23+,25+,26-,27+,28+,29-,30-/m1/s1. The first-order chi connectivity index (χ1) is 18.9. The Kier molecular flexibility index (Phi) is 6.04. The van der Waals surface area contributed by atoms with Crippen LogP contribution in [0.25, 0.3) is 0 Å². The fraction of sp³-hybridized carbons (Fsp3) is 0.867. The number of hydrogen-bond donors (Lipinski definition) is 3. The molecule has 0 aromatic heterocycles. The summed E-state index contributed by atoms with van der Waals surface area (Å²) in [6.07, 6.45) is 2.05. The van der Waals surface area contributed by atoms with Crippen molar-refractivity contribution in [3.05, 3.63) is 11.6 Å². The summed E-state index contributed by atoms with van der Waals surface area (Å²) in [5, 5.41) is 34.6.